The average Bonchev–Trinajstić information content (AvgIpc) is 2.55. The lowest BCUT2D eigenvalue weighted by molar-refractivity contribution is -0.134. The third-order valence-electron chi connectivity index (χ3n) is 3.72. The van der Waals surface area contributed by atoms with Crippen molar-refractivity contribution < 1.29 is 19.8 Å². The molecule has 0 atom stereocenters. The Morgan fingerprint density at radius 3 is 2.17 bits per heavy atom. The molecule has 24 heavy (non-hydrogen) atoms. The Morgan fingerprint density at radius 2 is 1.58 bits per heavy atom. The van der Waals surface area contributed by atoms with E-state index in [-0.39, 0.29) is 17.4 Å². The Hall–Kier alpha value is -2.30. The lowest BCUT2D eigenvalue weighted by atomic mass is 10.1. The van der Waals surface area contributed by atoms with E-state index >= 15 is 0 Å². The van der Waals surface area contributed by atoms with E-state index in [9.17, 15) is 19.8 Å². The first-order chi connectivity index (χ1) is 11.5. The van der Waals surface area contributed by atoms with Gasteiger partial charge in [0.1, 0.15) is 11.4 Å². The van der Waals surface area contributed by atoms with Crippen molar-refractivity contribution in [2.24, 2.45) is 0 Å². The van der Waals surface area contributed by atoms with Crippen LogP contribution in [0.15, 0.2) is 30.0 Å². The normalized spacial score (nSPS) is 11.3. The van der Waals surface area contributed by atoms with Gasteiger partial charge in [-0.3, -0.25) is 4.79 Å². The number of rotatable bonds is 11. The molecule has 0 unspecified atom stereocenters. The summed E-state index contributed by atoms with van der Waals surface area (Å²) >= 11 is 0. The predicted octanol–water partition coefficient (Wildman–Crippen LogP) is 4.07. The molecule has 1 aromatic rings. The van der Waals surface area contributed by atoms with Crippen LogP contribution < -0.4 is 5.32 Å². The van der Waals surface area contributed by atoms with E-state index in [1.807, 2.05) is 0 Å². The van der Waals surface area contributed by atoms with E-state index in [1.165, 1.54) is 43.9 Å². The number of hydrogen-bond donors (Lipinski definition) is 3. The quantitative estimate of drug-likeness (QED) is 0.421. The molecule has 0 aliphatic rings. The molecule has 0 aromatic heterocycles. The van der Waals surface area contributed by atoms with Gasteiger partial charge in [-0.1, -0.05) is 57.6 Å². The number of nitrogens with one attached hydrogen (secondary N) is 1. The molecular weight excluding hydrogens is 306 g/mol. The number of carboxylic acid groups (broad SMARTS) is 1. The number of aliphatic carboxylic acids is 1. The highest BCUT2D eigenvalue weighted by Crippen LogP contribution is 2.13. The Labute approximate surface area is 143 Å². The van der Waals surface area contributed by atoms with Gasteiger partial charge in [0.15, 0.2) is 0 Å². The maximum Gasteiger partial charge on any atom is 0.352 e. The summed E-state index contributed by atoms with van der Waals surface area (Å²) in [6.07, 6.45) is 9.47. The highest BCUT2D eigenvalue weighted by molar-refractivity contribution is 5.96. The van der Waals surface area contributed by atoms with Gasteiger partial charge in [-0.15, -0.1) is 0 Å². The molecule has 0 saturated carbocycles. The molecule has 0 spiro atoms. The summed E-state index contributed by atoms with van der Waals surface area (Å²) in [7, 11) is 0. The molecule has 0 saturated heterocycles. The number of carbonyl (C=O) groups is 2. The van der Waals surface area contributed by atoms with Crippen molar-refractivity contribution in [1.29, 1.82) is 0 Å². The Bertz CT molecular complexity index is 549. The van der Waals surface area contributed by atoms with Crippen LogP contribution in [0.4, 0.5) is 0 Å². The molecule has 0 bridgehead atoms. The van der Waals surface area contributed by atoms with Crippen LogP contribution in [0.3, 0.4) is 0 Å². The molecule has 5 heteroatoms. The summed E-state index contributed by atoms with van der Waals surface area (Å²) in [5, 5.41) is 20.9. The van der Waals surface area contributed by atoms with Crippen molar-refractivity contribution in [2.75, 3.05) is 0 Å². The van der Waals surface area contributed by atoms with Crippen LogP contribution in [-0.2, 0) is 9.59 Å². The number of amides is 1. The SMILES string of the molecule is CCCCCCCCCC(=O)N/C(=C\c1ccc(O)cc1)C(=O)O. The number of phenols is 1. The van der Waals surface area contributed by atoms with Crippen molar-refractivity contribution in [3.63, 3.8) is 0 Å². The van der Waals surface area contributed by atoms with Crippen LogP contribution in [0.5, 0.6) is 5.75 Å². The van der Waals surface area contributed by atoms with E-state index in [1.54, 1.807) is 12.1 Å². The first-order valence-corrected chi connectivity index (χ1v) is 8.56. The van der Waals surface area contributed by atoms with Gasteiger partial charge in [0, 0.05) is 6.42 Å². The van der Waals surface area contributed by atoms with E-state index in [4.69, 9.17) is 0 Å². The maximum atomic E-state index is 11.9. The highest BCUT2D eigenvalue weighted by atomic mass is 16.4. The van der Waals surface area contributed by atoms with Crippen molar-refractivity contribution >= 4 is 18.0 Å². The van der Waals surface area contributed by atoms with E-state index in [0.717, 1.165) is 19.3 Å². The summed E-state index contributed by atoms with van der Waals surface area (Å²) < 4.78 is 0. The molecule has 3 N–H and O–H groups in total. The third kappa shape index (κ3) is 8.36. The molecule has 1 aromatic carbocycles. The molecule has 0 radical (unpaired) electrons. The highest BCUT2D eigenvalue weighted by Gasteiger charge is 2.11. The van der Waals surface area contributed by atoms with Crippen LogP contribution >= 0.6 is 0 Å². The number of benzene rings is 1. The Kier molecular flexibility index (Phi) is 9.27. The third-order valence-corrected chi connectivity index (χ3v) is 3.72. The zero-order chi connectivity index (χ0) is 17.8. The van der Waals surface area contributed by atoms with Crippen LogP contribution in [-0.4, -0.2) is 22.1 Å². The monoisotopic (exact) mass is 333 g/mol. The zero-order valence-corrected chi connectivity index (χ0v) is 14.3. The second kappa shape index (κ2) is 11.3. The molecule has 132 valence electrons. The fourth-order valence-electron chi connectivity index (χ4n) is 2.34. The second-order valence-corrected chi connectivity index (χ2v) is 5.87. The van der Waals surface area contributed by atoms with Crippen molar-refractivity contribution in [3.05, 3.63) is 35.5 Å². The Balaban J connectivity index is 2.40. The van der Waals surface area contributed by atoms with E-state index in [0.29, 0.717) is 12.0 Å². The number of unbranched alkanes of at least 4 members (excludes halogenated alkanes) is 6. The first kappa shape index (κ1) is 19.7. The number of aromatic hydroxyl groups is 1. The summed E-state index contributed by atoms with van der Waals surface area (Å²) in [5.41, 5.74) is 0.440. The summed E-state index contributed by atoms with van der Waals surface area (Å²) in [6.45, 7) is 2.18. The number of carboxylic acids is 1. The fraction of sp³-hybridized carbons (Fsp3) is 0.474. The molecule has 0 heterocycles. The fourth-order valence-corrected chi connectivity index (χ4v) is 2.34. The maximum absolute atomic E-state index is 11.9. The van der Waals surface area contributed by atoms with Crippen molar-refractivity contribution in [2.45, 2.75) is 58.3 Å². The van der Waals surface area contributed by atoms with Gasteiger partial charge in [0.05, 0.1) is 0 Å². The number of phenolic OH excluding ortho intramolecular Hbond substituents is 1. The summed E-state index contributed by atoms with van der Waals surface area (Å²) in [4.78, 5) is 23.1. The van der Waals surface area contributed by atoms with Crippen LogP contribution in [0.1, 0.15) is 63.9 Å². The molecule has 5 nitrogen and oxygen atoms in total. The van der Waals surface area contributed by atoms with E-state index in [2.05, 4.69) is 12.2 Å². The lowest BCUT2D eigenvalue weighted by Crippen LogP contribution is -2.26. The largest absolute Gasteiger partial charge is 0.508 e. The zero-order valence-electron chi connectivity index (χ0n) is 14.3. The van der Waals surface area contributed by atoms with Crippen LogP contribution in [0.2, 0.25) is 0 Å². The van der Waals surface area contributed by atoms with Crippen molar-refractivity contribution in [3.8, 4) is 5.75 Å². The molecular formula is C19H27NO4. The minimum absolute atomic E-state index is 0.104. The van der Waals surface area contributed by atoms with Gasteiger partial charge in [-0.2, -0.15) is 0 Å². The molecule has 1 rings (SSSR count). The molecule has 0 aliphatic carbocycles. The topological polar surface area (TPSA) is 86.6 Å². The lowest BCUT2D eigenvalue weighted by Gasteiger charge is -2.06. The van der Waals surface area contributed by atoms with Gasteiger partial charge in [-0.25, -0.2) is 4.79 Å². The van der Waals surface area contributed by atoms with Gasteiger partial charge >= 0.3 is 5.97 Å². The average molecular weight is 333 g/mol. The molecule has 0 aliphatic heterocycles. The van der Waals surface area contributed by atoms with Crippen LogP contribution in [0.25, 0.3) is 6.08 Å². The predicted molar refractivity (Wildman–Crippen MR) is 94.5 cm³/mol. The standard InChI is InChI=1S/C19H27NO4/c1-2-3-4-5-6-7-8-9-18(22)20-17(19(23)24)14-15-10-12-16(21)13-11-15/h10-14,21H,2-9H2,1H3,(H,20,22)(H,23,24)/b17-14-. The second-order valence-electron chi connectivity index (χ2n) is 5.87. The van der Waals surface area contributed by atoms with E-state index < -0.39 is 5.97 Å². The molecule has 0 fully saturated rings. The first-order valence-electron chi connectivity index (χ1n) is 8.56. The van der Waals surface area contributed by atoms with Crippen LogP contribution in [0, 0.1) is 0 Å². The smallest absolute Gasteiger partial charge is 0.352 e. The van der Waals surface area contributed by atoms with Gasteiger partial charge in [-0.05, 0) is 30.2 Å². The minimum atomic E-state index is -1.18. The summed E-state index contributed by atoms with van der Waals surface area (Å²) in [6, 6.07) is 6.10. The van der Waals surface area contributed by atoms with Gasteiger partial charge < -0.3 is 15.5 Å². The summed E-state index contributed by atoms with van der Waals surface area (Å²) in [5.74, 6) is -1.36. The molecule has 1 amide bonds. The number of hydrogen-bond acceptors (Lipinski definition) is 3. The van der Waals surface area contributed by atoms with Crippen molar-refractivity contribution in [1.82, 2.24) is 5.32 Å². The Morgan fingerprint density at radius 1 is 1.00 bits per heavy atom. The number of carbonyl (C=O) groups excluding carboxylic acids is 1. The minimum Gasteiger partial charge on any atom is -0.508 e. The van der Waals surface area contributed by atoms with Gasteiger partial charge in [0.25, 0.3) is 0 Å². The van der Waals surface area contributed by atoms with Gasteiger partial charge in [0.2, 0.25) is 5.91 Å².